The molecule has 9 rings (SSSR count). The highest BCUT2D eigenvalue weighted by Gasteiger charge is 2.18. The summed E-state index contributed by atoms with van der Waals surface area (Å²) < 4.78 is 3.56. The summed E-state index contributed by atoms with van der Waals surface area (Å²) >= 11 is 1.75. The number of thiazole rings is 1. The second kappa shape index (κ2) is 10.9. The third-order valence-corrected chi connectivity index (χ3v) is 9.59. The molecule has 5 heteroatoms. The number of hydrogen-bond acceptors (Lipinski definition) is 4. The van der Waals surface area contributed by atoms with E-state index in [0.717, 1.165) is 49.9 Å². The van der Waals surface area contributed by atoms with Gasteiger partial charge in [0.05, 0.1) is 32.6 Å². The van der Waals surface area contributed by atoms with E-state index in [4.69, 9.17) is 15.0 Å². The minimum Gasteiger partial charge on any atom is -0.308 e. The fourth-order valence-electron chi connectivity index (χ4n) is 6.26. The lowest BCUT2D eigenvalue weighted by Crippen LogP contribution is -1.97. The summed E-state index contributed by atoms with van der Waals surface area (Å²) in [5.41, 5.74) is 10.5. The smallest absolute Gasteiger partial charge is 0.160 e. The Morgan fingerprint density at radius 1 is 0.457 bits per heavy atom. The summed E-state index contributed by atoms with van der Waals surface area (Å²) in [5, 5.41) is 3.48. The van der Waals surface area contributed by atoms with Crippen molar-refractivity contribution >= 4 is 43.4 Å². The maximum atomic E-state index is 5.05. The van der Waals surface area contributed by atoms with Gasteiger partial charge >= 0.3 is 0 Å². The van der Waals surface area contributed by atoms with Crippen molar-refractivity contribution < 1.29 is 0 Å². The van der Waals surface area contributed by atoms with Crippen LogP contribution in [0.5, 0.6) is 0 Å². The molecule has 3 aromatic heterocycles. The van der Waals surface area contributed by atoms with Crippen molar-refractivity contribution in [2.75, 3.05) is 0 Å². The normalized spacial score (nSPS) is 11.5. The molecule has 9 aromatic rings. The molecule has 0 bridgehead atoms. The molecule has 4 nitrogen and oxygen atoms in total. The van der Waals surface area contributed by atoms with Crippen molar-refractivity contribution in [3.63, 3.8) is 0 Å². The maximum Gasteiger partial charge on any atom is 0.160 e. The molecule has 3 heterocycles. The molecule has 46 heavy (non-hydrogen) atoms. The molecule has 0 unspecified atom stereocenters. The van der Waals surface area contributed by atoms with Crippen LogP contribution in [-0.4, -0.2) is 19.5 Å². The number of rotatable bonds is 5. The van der Waals surface area contributed by atoms with Gasteiger partial charge in [-0.3, -0.25) is 0 Å². The van der Waals surface area contributed by atoms with E-state index in [0.29, 0.717) is 5.82 Å². The Balaban J connectivity index is 1.21. The second-order valence-corrected chi connectivity index (χ2v) is 12.3. The molecule has 0 saturated heterocycles. The summed E-state index contributed by atoms with van der Waals surface area (Å²) in [6, 6.07) is 54.7. The molecule has 216 valence electrons. The van der Waals surface area contributed by atoms with Crippen LogP contribution >= 0.6 is 11.3 Å². The van der Waals surface area contributed by atoms with Gasteiger partial charge in [0.1, 0.15) is 5.01 Å². The third kappa shape index (κ3) is 4.48. The minimum atomic E-state index is 0.700. The van der Waals surface area contributed by atoms with Crippen LogP contribution in [0.4, 0.5) is 0 Å². The number of benzene rings is 6. The molecular formula is C41H26N4S. The van der Waals surface area contributed by atoms with Crippen LogP contribution in [-0.2, 0) is 0 Å². The maximum absolute atomic E-state index is 5.05. The van der Waals surface area contributed by atoms with E-state index in [1.807, 2.05) is 42.5 Å². The van der Waals surface area contributed by atoms with Gasteiger partial charge in [-0.15, -0.1) is 11.3 Å². The predicted molar refractivity (Wildman–Crippen MR) is 191 cm³/mol. The summed E-state index contributed by atoms with van der Waals surface area (Å²) in [5.74, 6) is 0.700. The highest BCUT2D eigenvalue weighted by Crippen LogP contribution is 2.41. The standard InChI is InChI=1S/C41H26N4S/c1-4-12-27(13-5-1)35-26-36(28-14-6-2-7-15-28)43-40(42-35)29-20-22-31(23-21-29)45-37-19-11-10-18-32(37)33-24-25-34-39(38(33)45)46-41(44-34)30-16-8-3-9-17-30/h1-26H. The minimum absolute atomic E-state index is 0.700. The van der Waals surface area contributed by atoms with Crippen molar-refractivity contribution in [3.05, 3.63) is 158 Å². The average Bonchev–Trinajstić information content (AvgIpc) is 3.73. The first kappa shape index (κ1) is 26.5. The highest BCUT2D eigenvalue weighted by molar-refractivity contribution is 7.22. The first-order chi connectivity index (χ1) is 22.8. The molecule has 0 aliphatic rings. The number of aromatic nitrogens is 4. The number of nitrogens with zero attached hydrogens (tertiary/aromatic N) is 4. The van der Waals surface area contributed by atoms with E-state index >= 15 is 0 Å². The molecule has 0 saturated carbocycles. The Labute approximate surface area is 269 Å². The first-order valence-corrected chi connectivity index (χ1v) is 16.1. The number of hydrogen-bond donors (Lipinski definition) is 0. The molecule has 6 aromatic carbocycles. The molecule has 0 N–H and O–H groups in total. The van der Waals surface area contributed by atoms with Gasteiger partial charge < -0.3 is 4.57 Å². The van der Waals surface area contributed by atoms with Crippen LogP contribution in [0.15, 0.2) is 158 Å². The van der Waals surface area contributed by atoms with E-state index in [1.165, 1.54) is 26.5 Å². The molecule has 0 atom stereocenters. The zero-order valence-corrected chi connectivity index (χ0v) is 25.5. The highest BCUT2D eigenvalue weighted by atomic mass is 32.1. The summed E-state index contributed by atoms with van der Waals surface area (Å²) in [6.45, 7) is 0. The SMILES string of the molecule is c1ccc(-c2cc(-c3ccccc3)nc(-c3ccc(-n4c5ccccc5c5ccc6nc(-c7ccccc7)sc6c54)cc3)n2)cc1. The molecule has 0 amide bonds. The van der Waals surface area contributed by atoms with Crippen molar-refractivity contribution in [1.82, 2.24) is 19.5 Å². The van der Waals surface area contributed by atoms with Gasteiger partial charge in [-0.2, -0.15) is 0 Å². The zero-order valence-electron chi connectivity index (χ0n) is 24.7. The van der Waals surface area contributed by atoms with Crippen LogP contribution in [0.1, 0.15) is 0 Å². The van der Waals surface area contributed by atoms with E-state index in [1.54, 1.807) is 11.3 Å². The Hall–Kier alpha value is -5.91. The fraction of sp³-hybridized carbons (Fsp3) is 0. The van der Waals surface area contributed by atoms with Gasteiger partial charge in [0.2, 0.25) is 0 Å². The van der Waals surface area contributed by atoms with E-state index in [2.05, 4.69) is 120 Å². The first-order valence-electron chi connectivity index (χ1n) is 15.3. The van der Waals surface area contributed by atoms with Crippen LogP contribution in [0, 0.1) is 0 Å². The second-order valence-electron chi connectivity index (χ2n) is 11.3. The van der Waals surface area contributed by atoms with Crippen LogP contribution in [0.2, 0.25) is 0 Å². The van der Waals surface area contributed by atoms with Crippen molar-refractivity contribution in [2.45, 2.75) is 0 Å². The van der Waals surface area contributed by atoms with E-state index < -0.39 is 0 Å². The fourth-order valence-corrected chi connectivity index (χ4v) is 7.36. The van der Waals surface area contributed by atoms with E-state index in [9.17, 15) is 0 Å². The van der Waals surface area contributed by atoms with Gasteiger partial charge in [0.25, 0.3) is 0 Å². The van der Waals surface area contributed by atoms with Crippen LogP contribution < -0.4 is 0 Å². The monoisotopic (exact) mass is 606 g/mol. The summed E-state index contributed by atoms with van der Waals surface area (Å²) in [4.78, 5) is 15.1. The van der Waals surface area contributed by atoms with Crippen molar-refractivity contribution in [2.24, 2.45) is 0 Å². The lowest BCUT2D eigenvalue weighted by molar-refractivity contribution is 1.17. The van der Waals surface area contributed by atoms with Crippen LogP contribution in [0.3, 0.4) is 0 Å². The third-order valence-electron chi connectivity index (χ3n) is 8.46. The van der Waals surface area contributed by atoms with Gasteiger partial charge in [0, 0.05) is 38.7 Å². The van der Waals surface area contributed by atoms with Gasteiger partial charge in [-0.05, 0) is 48.5 Å². The predicted octanol–water partition coefficient (Wildman–Crippen LogP) is 10.9. The lowest BCUT2D eigenvalue weighted by atomic mass is 10.1. The summed E-state index contributed by atoms with van der Waals surface area (Å²) in [6.07, 6.45) is 0. The zero-order chi connectivity index (χ0) is 30.5. The largest absolute Gasteiger partial charge is 0.308 e. The molecule has 0 fully saturated rings. The molecular weight excluding hydrogens is 581 g/mol. The number of fused-ring (bicyclic) bond motifs is 5. The van der Waals surface area contributed by atoms with Gasteiger partial charge in [-0.25, -0.2) is 15.0 Å². The Morgan fingerprint density at radius 2 is 1.04 bits per heavy atom. The number of para-hydroxylation sites is 1. The van der Waals surface area contributed by atoms with Crippen molar-refractivity contribution in [3.8, 4) is 50.2 Å². The Morgan fingerprint density at radius 3 is 1.70 bits per heavy atom. The van der Waals surface area contributed by atoms with E-state index in [-0.39, 0.29) is 0 Å². The molecule has 0 radical (unpaired) electrons. The topological polar surface area (TPSA) is 43.6 Å². The van der Waals surface area contributed by atoms with Gasteiger partial charge in [0.15, 0.2) is 5.82 Å². The van der Waals surface area contributed by atoms with Gasteiger partial charge in [-0.1, -0.05) is 109 Å². The molecule has 0 aliphatic heterocycles. The Kier molecular flexibility index (Phi) is 6.28. The Bertz CT molecular complexity index is 2440. The summed E-state index contributed by atoms with van der Waals surface area (Å²) in [7, 11) is 0. The molecule has 0 spiro atoms. The lowest BCUT2D eigenvalue weighted by Gasteiger charge is -2.11. The quantitative estimate of drug-likeness (QED) is 0.196. The average molecular weight is 607 g/mol. The van der Waals surface area contributed by atoms with Crippen LogP contribution in [0.25, 0.3) is 82.2 Å². The van der Waals surface area contributed by atoms with Crippen molar-refractivity contribution in [1.29, 1.82) is 0 Å². The molecule has 0 aliphatic carbocycles.